The van der Waals surface area contributed by atoms with E-state index in [4.69, 9.17) is 14.7 Å². The summed E-state index contributed by atoms with van der Waals surface area (Å²) in [6, 6.07) is 15.6. The number of hydrogen-bond acceptors (Lipinski definition) is 5. The molecule has 1 aromatic heterocycles. The molecular formula is C26H30N4O2. The quantitative estimate of drug-likeness (QED) is 0.604. The lowest BCUT2D eigenvalue weighted by Gasteiger charge is -2.36. The van der Waals surface area contributed by atoms with Crippen LogP contribution in [0.1, 0.15) is 34.1 Å². The Bertz CT molecular complexity index is 1120. The van der Waals surface area contributed by atoms with E-state index in [-0.39, 0.29) is 5.91 Å². The van der Waals surface area contributed by atoms with Gasteiger partial charge in [0, 0.05) is 48.6 Å². The van der Waals surface area contributed by atoms with Crippen molar-refractivity contribution in [3.05, 3.63) is 70.9 Å². The van der Waals surface area contributed by atoms with Gasteiger partial charge < -0.3 is 14.5 Å². The average molecular weight is 431 g/mol. The zero-order valence-corrected chi connectivity index (χ0v) is 19.3. The molecule has 0 N–H and O–H groups in total. The number of carbonyl (C=O) groups excluding carboxylic acids is 1. The van der Waals surface area contributed by atoms with Crippen molar-refractivity contribution in [3.8, 4) is 17.1 Å². The minimum absolute atomic E-state index is 0.0404. The van der Waals surface area contributed by atoms with Crippen LogP contribution in [0.4, 0.5) is 5.82 Å². The van der Waals surface area contributed by atoms with Crippen LogP contribution in [0.25, 0.3) is 11.4 Å². The Morgan fingerprint density at radius 3 is 2.44 bits per heavy atom. The van der Waals surface area contributed by atoms with E-state index in [0.29, 0.717) is 24.4 Å². The van der Waals surface area contributed by atoms with E-state index in [2.05, 4.69) is 43.9 Å². The Morgan fingerprint density at radius 1 is 1.00 bits per heavy atom. The van der Waals surface area contributed by atoms with Crippen molar-refractivity contribution in [2.24, 2.45) is 0 Å². The molecule has 0 saturated carbocycles. The molecule has 6 heteroatoms. The van der Waals surface area contributed by atoms with Gasteiger partial charge in [0.1, 0.15) is 11.6 Å². The summed E-state index contributed by atoms with van der Waals surface area (Å²) in [6.45, 7) is 9.08. The molecular weight excluding hydrogens is 400 g/mol. The molecule has 0 unspecified atom stereocenters. The zero-order chi connectivity index (χ0) is 22.7. The van der Waals surface area contributed by atoms with Crippen LogP contribution >= 0.6 is 0 Å². The van der Waals surface area contributed by atoms with Gasteiger partial charge in [-0.15, -0.1) is 0 Å². The summed E-state index contributed by atoms with van der Waals surface area (Å²) in [7, 11) is 1.61. The molecule has 1 fully saturated rings. The smallest absolute Gasteiger partial charge is 0.254 e. The first-order chi connectivity index (χ1) is 15.5. The van der Waals surface area contributed by atoms with Crippen molar-refractivity contribution in [1.29, 1.82) is 0 Å². The molecule has 0 spiro atoms. The first kappa shape index (κ1) is 21.8. The number of nitrogens with zero attached hydrogens (tertiary/aromatic N) is 4. The van der Waals surface area contributed by atoms with Gasteiger partial charge in [0.15, 0.2) is 5.82 Å². The SMILES string of the molecule is CCc1c(C)nc(-c2cccc(C)c2)nc1N1CCN(C(=O)c2cccc(OC)c2)CC1. The Hall–Kier alpha value is -3.41. The lowest BCUT2D eigenvalue weighted by Crippen LogP contribution is -2.49. The molecule has 0 bridgehead atoms. The van der Waals surface area contributed by atoms with Crippen molar-refractivity contribution in [2.75, 3.05) is 38.2 Å². The summed E-state index contributed by atoms with van der Waals surface area (Å²) >= 11 is 0. The monoisotopic (exact) mass is 430 g/mol. The van der Waals surface area contributed by atoms with Gasteiger partial charge in [-0.25, -0.2) is 9.97 Å². The number of ether oxygens (including phenoxy) is 1. The topological polar surface area (TPSA) is 58.6 Å². The second-order valence-corrected chi connectivity index (χ2v) is 8.17. The van der Waals surface area contributed by atoms with Crippen LogP contribution in [-0.4, -0.2) is 54.1 Å². The minimum atomic E-state index is 0.0404. The Labute approximate surface area is 189 Å². The van der Waals surface area contributed by atoms with Crippen LogP contribution in [0.3, 0.4) is 0 Å². The van der Waals surface area contributed by atoms with E-state index < -0.39 is 0 Å². The second-order valence-electron chi connectivity index (χ2n) is 8.17. The number of rotatable bonds is 5. The van der Waals surface area contributed by atoms with Crippen LogP contribution in [-0.2, 0) is 6.42 Å². The van der Waals surface area contributed by atoms with Crippen molar-refractivity contribution >= 4 is 11.7 Å². The van der Waals surface area contributed by atoms with Crippen molar-refractivity contribution in [3.63, 3.8) is 0 Å². The summed E-state index contributed by atoms with van der Waals surface area (Å²) in [5, 5.41) is 0. The number of carbonyl (C=O) groups is 1. The maximum atomic E-state index is 13.0. The molecule has 166 valence electrons. The maximum absolute atomic E-state index is 13.0. The third kappa shape index (κ3) is 4.44. The highest BCUT2D eigenvalue weighted by molar-refractivity contribution is 5.94. The molecule has 32 heavy (non-hydrogen) atoms. The summed E-state index contributed by atoms with van der Waals surface area (Å²) < 4.78 is 5.27. The molecule has 1 amide bonds. The number of amides is 1. The van der Waals surface area contributed by atoms with Crippen molar-refractivity contribution < 1.29 is 9.53 Å². The van der Waals surface area contributed by atoms with E-state index >= 15 is 0 Å². The largest absolute Gasteiger partial charge is 0.497 e. The van der Waals surface area contributed by atoms with Gasteiger partial charge >= 0.3 is 0 Å². The van der Waals surface area contributed by atoms with Crippen molar-refractivity contribution in [1.82, 2.24) is 14.9 Å². The standard InChI is InChI=1S/C26H30N4O2/c1-5-23-19(3)27-24(20-9-6-8-18(2)16-20)28-25(23)29-12-14-30(15-13-29)26(31)21-10-7-11-22(17-21)32-4/h6-11,16-17H,5,12-15H2,1-4H3. The van der Waals surface area contributed by atoms with Gasteiger partial charge in [-0.1, -0.05) is 36.8 Å². The van der Waals surface area contributed by atoms with Gasteiger partial charge in [-0.05, 0) is 44.5 Å². The Morgan fingerprint density at radius 2 is 1.75 bits per heavy atom. The number of hydrogen-bond donors (Lipinski definition) is 0. The van der Waals surface area contributed by atoms with Crippen LogP contribution in [0.2, 0.25) is 0 Å². The predicted molar refractivity (Wildman–Crippen MR) is 127 cm³/mol. The van der Waals surface area contributed by atoms with Crippen LogP contribution in [0.5, 0.6) is 5.75 Å². The molecule has 3 aromatic rings. The molecule has 2 aromatic carbocycles. The van der Waals surface area contributed by atoms with Gasteiger partial charge in [-0.2, -0.15) is 0 Å². The number of piperazine rings is 1. The molecule has 1 aliphatic rings. The summed E-state index contributed by atoms with van der Waals surface area (Å²) in [6.07, 6.45) is 0.873. The fourth-order valence-corrected chi connectivity index (χ4v) is 4.23. The van der Waals surface area contributed by atoms with Crippen molar-refractivity contribution in [2.45, 2.75) is 27.2 Å². The first-order valence-electron chi connectivity index (χ1n) is 11.1. The number of aryl methyl sites for hydroxylation is 2. The molecule has 1 saturated heterocycles. The fraction of sp³-hybridized carbons (Fsp3) is 0.346. The summed E-state index contributed by atoms with van der Waals surface area (Å²) in [5.74, 6) is 2.49. The Balaban J connectivity index is 1.55. The van der Waals surface area contributed by atoms with Gasteiger partial charge in [0.25, 0.3) is 5.91 Å². The highest BCUT2D eigenvalue weighted by atomic mass is 16.5. The number of benzene rings is 2. The van der Waals surface area contributed by atoms with Gasteiger partial charge in [0.2, 0.25) is 0 Å². The van der Waals surface area contributed by atoms with E-state index in [9.17, 15) is 4.79 Å². The number of aromatic nitrogens is 2. The Kier molecular flexibility index (Phi) is 6.40. The summed E-state index contributed by atoms with van der Waals surface area (Å²) in [5.41, 5.74) is 5.07. The van der Waals surface area contributed by atoms with Gasteiger partial charge in [-0.3, -0.25) is 4.79 Å². The molecule has 0 aliphatic carbocycles. The average Bonchev–Trinajstić information content (AvgIpc) is 2.83. The molecule has 4 rings (SSSR count). The van der Waals surface area contributed by atoms with Crippen LogP contribution < -0.4 is 9.64 Å². The highest BCUT2D eigenvalue weighted by Crippen LogP contribution is 2.27. The lowest BCUT2D eigenvalue weighted by molar-refractivity contribution is 0.0746. The van der Waals surface area contributed by atoms with E-state index in [1.807, 2.05) is 29.2 Å². The van der Waals surface area contributed by atoms with E-state index in [0.717, 1.165) is 42.4 Å². The fourth-order valence-electron chi connectivity index (χ4n) is 4.23. The normalized spacial score (nSPS) is 13.9. The molecule has 6 nitrogen and oxygen atoms in total. The molecule has 0 atom stereocenters. The predicted octanol–water partition coefficient (Wildman–Crippen LogP) is 4.29. The third-order valence-corrected chi connectivity index (χ3v) is 6.00. The number of anilines is 1. The second kappa shape index (κ2) is 9.39. The lowest BCUT2D eigenvalue weighted by atomic mass is 10.1. The highest BCUT2D eigenvalue weighted by Gasteiger charge is 2.25. The van der Waals surface area contributed by atoms with Gasteiger partial charge in [0.05, 0.1) is 7.11 Å². The third-order valence-electron chi connectivity index (χ3n) is 6.00. The molecule has 2 heterocycles. The van der Waals surface area contributed by atoms with Crippen LogP contribution in [0.15, 0.2) is 48.5 Å². The number of methoxy groups -OCH3 is 1. The van der Waals surface area contributed by atoms with E-state index in [1.54, 1.807) is 13.2 Å². The first-order valence-corrected chi connectivity index (χ1v) is 11.1. The maximum Gasteiger partial charge on any atom is 0.254 e. The molecule has 0 radical (unpaired) electrons. The van der Waals surface area contributed by atoms with Crippen LogP contribution in [0, 0.1) is 13.8 Å². The molecule has 1 aliphatic heterocycles. The minimum Gasteiger partial charge on any atom is -0.497 e. The zero-order valence-electron chi connectivity index (χ0n) is 19.3. The summed E-state index contributed by atoms with van der Waals surface area (Å²) in [4.78, 5) is 27.0. The van der Waals surface area contributed by atoms with E-state index in [1.165, 1.54) is 11.1 Å².